The molecule has 2 N–H and O–H groups in total. The Morgan fingerprint density at radius 1 is 0.844 bits per heavy atom. The van der Waals surface area contributed by atoms with Gasteiger partial charge in [0.25, 0.3) is 0 Å². The van der Waals surface area contributed by atoms with E-state index in [9.17, 15) is 4.79 Å². The molecule has 0 atom stereocenters. The Hall–Kier alpha value is -2.72. The molecule has 0 aliphatic rings. The molecule has 3 aromatic rings. The van der Waals surface area contributed by atoms with Gasteiger partial charge in [0.15, 0.2) is 0 Å². The molecule has 0 bridgehead atoms. The van der Waals surface area contributed by atoms with Crippen LogP contribution in [0.25, 0.3) is 0 Å². The Labute approximate surface area is 198 Å². The molecule has 0 aromatic heterocycles. The molecule has 0 spiro atoms. The third kappa shape index (κ3) is 8.08. The Kier molecular flexibility index (Phi) is 10.4. The van der Waals surface area contributed by atoms with Crippen molar-refractivity contribution in [2.24, 2.45) is 0 Å². The van der Waals surface area contributed by atoms with E-state index in [4.69, 9.17) is 0 Å². The highest BCUT2D eigenvalue weighted by Crippen LogP contribution is 2.25. The Morgan fingerprint density at radius 2 is 1.47 bits per heavy atom. The quantitative estimate of drug-likeness (QED) is 0.335. The lowest BCUT2D eigenvalue weighted by Gasteiger charge is -2.26. The second-order valence-electron chi connectivity index (χ2n) is 7.98. The third-order valence-electron chi connectivity index (χ3n) is 5.06. The van der Waals surface area contributed by atoms with Gasteiger partial charge in [-0.3, -0.25) is 4.79 Å². The van der Waals surface area contributed by atoms with E-state index < -0.39 is 0 Å². The predicted molar refractivity (Wildman–Crippen MR) is 141 cm³/mol. The van der Waals surface area contributed by atoms with E-state index in [1.54, 1.807) is 11.8 Å². The van der Waals surface area contributed by atoms with Crippen molar-refractivity contribution >= 4 is 29.0 Å². The van der Waals surface area contributed by atoms with E-state index in [2.05, 4.69) is 67.8 Å². The number of rotatable bonds is 9. The fourth-order valence-electron chi connectivity index (χ4n) is 3.25. The van der Waals surface area contributed by atoms with Gasteiger partial charge >= 0.3 is 0 Å². The van der Waals surface area contributed by atoms with E-state index >= 15 is 0 Å². The van der Waals surface area contributed by atoms with Gasteiger partial charge in [0.1, 0.15) is 0 Å². The Balaban J connectivity index is 0.00000176. The van der Waals surface area contributed by atoms with Crippen LogP contribution in [0.15, 0.2) is 83.8 Å². The Bertz CT molecular complexity index is 935. The largest absolute Gasteiger partial charge is 0.384 e. The second kappa shape index (κ2) is 13.0. The lowest BCUT2D eigenvalue weighted by molar-refractivity contribution is -0.115. The van der Waals surface area contributed by atoms with Crippen LogP contribution in [0.5, 0.6) is 0 Å². The minimum atomic E-state index is -0.0311. The van der Waals surface area contributed by atoms with Crippen molar-refractivity contribution in [2.75, 3.05) is 22.9 Å². The number of hydrogen-bond donors (Lipinski definition) is 2. The summed E-state index contributed by atoms with van der Waals surface area (Å²) >= 11 is 1.81. The van der Waals surface area contributed by atoms with E-state index in [1.165, 1.54) is 10.5 Å². The summed E-state index contributed by atoms with van der Waals surface area (Å²) in [6.07, 6.45) is 0.380. The summed E-state index contributed by atoms with van der Waals surface area (Å²) in [7, 11) is 0. The molecule has 3 rings (SSSR count). The lowest BCUT2D eigenvalue weighted by atomic mass is 9.84. The zero-order valence-corrected chi connectivity index (χ0v) is 20.8. The number of para-hydroxylation sites is 1. The predicted octanol–water partition coefficient (Wildman–Crippen LogP) is 7.40. The zero-order valence-electron chi connectivity index (χ0n) is 19.9. The molecule has 170 valence electrons. The Morgan fingerprint density at radius 3 is 2.06 bits per heavy atom. The van der Waals surface area contributed by atoms with Crippen LogP contribution in [0.4, 0.5) is 11.4 Å². The average molecular weight is 449 g/mol. The first-order valence-corrected chi connectivity index (χ1v) is 12.4. The molecule has 4 heteroatoms. The molecular weight excluding hydrogens is 412 g/mol. The van der Waals surface area contributed by atoms with Crippen LogP contribution in [-0.2, 0) is 16.6 Å². The molecule has 0 saturated carbocycles. The van der Waals surface area contributed by atoms with Crippen LogP contribution < -0.4 is 10.6 Å². The van der Waals surface area contributed by atoms with E-state index in [1.807, 2.05) is 56.3 Å². The third-order valence-corrected chi connectivity index (χ3v) is 5.95. The molecule has 0 unspecified atom stereocenters. The first-order valence-electron chi connectivity index (χ1n) is 11.4. The lowest BCUT2D eigenvalue weighted by Crippen LogP contribution is -2.27. The summed E-state index contributed by atoms with van der Waals surface area (Å²) in [4.78, 5) is 13.6. The van der Waals surface area contributed by atoms with Crippen molar-refractivity contribution in [1.29, 1.82) is 0 Å². The van der Waals surface area contributed by atoms with Gasteiger partial charge in [0.2, 0.25) is 5.91 Å². The van der Waals surface area contributed by atoms with Gasteiger partial charge in [0.05, 0.1) is 6.42 Å². The molecule has 3 nitrogen and oxygen atoms in total. The van der Waals surface area contributed by atoms with Crippen LogP contribution in [0.1, 0.15) is 45.7 Å². The van der Waals surface area contributed by atoms with Gasteiger partial charge in [-0.2, -0.15) is 0 Å². The van der Waals surface area contributed by atoms with Crippen molar-refractivity contribution in [1.82, 2.24) is 0 Å². The maximum Gasteiger partial charge on any atom is 0.228 e. The molecule has 0 fully saturated rings. The molecule has 32 heavy (non-hydrogen) atoms. The maximum absolute atomic E-state index is 12.4. The zero-order chi connectivity index (χ0) is 23.4. The van der Waals surface area contributed by atoms with Gasteiger partial charge < -0.3 is 10.6 Å². The highest BCUT2D eigenvalue weighted by molar-refractivity contribution is 7.99. The number of amides is 1. The summed E-state index contributed by atoms with van der Waals surface area (Å²) in [5.41, 5.74) is 4.17. The molecule has 3 aromatic carbocycles. The number of benzene rings is 3. The fraction of sp³-hybridized carbons (Fsp3) is 0.321. The van der Waals surface area contributed by atoms with Crippen LogP contribution in [0, 0.1) is 0 Å². The maximum atomic E-state index is 12.4. The van der Waals surface area contributed by atoms with Crippen molar-refractivity contribution < 1.29 is 4.79 Å². The minimum Gasteiger partial charge on any atom is -0.384 e. The van der Waals surface area contributed by atoms with Gasteiger partial charge in [-0.1, -0.05) is 77.1 Å². The second-order valence-corrected chi connectivity index (χ2v) is 9.32. The molecule has 0 saturated heterocycles. The molecule has 0 heterocycles. The average Bonchev–Trinajstić information content (AvgIpc) is 2.82. The van der Waals surface area contributed by atoms with Gasteiger partial charge in [0, 0.05) is 28.2 Å². The van der Waals surface area contributed by atoms with Gasteiger partial charge in [-0.05, 0) is 53.3 Å². The van der Waals surface area contributed by atoms with Crippen molar-refractivity contribution in [2.45, 2.75) is 51.3 Å². The normalized spacial score (nSPS) is 10.7. The highest BCUT2D eigenvalue weighted by Gasteiger charge is 2.20. The molecule has 1 amide bonds. The van der Waals surface area contributed by atoms with Gasteiger partial charge in [-0.15, -0.1) is 11.8 Å². The van der Waals surface area contributed by atoms with Crippen LogP contribution in [0.2, 0.25) is 0 Å². The number of thioether (sulfide) groups is 1. The topological polar surface area (TPSA) is 41.1 Å². The number of anilines is 2. The van der Waals surface area contributed by atoms with Crippen LogP contribution >= 0.6 is 11.8 Å². The van der Waals surface area contributed by atoms with E-state index in [0.717, 1.165) is 29.2 Å². The van der Waals surface area contributed by atoms with E-state index in [-0.39, 0.29) is 11.3 Å². The number of carbonyl (C=O) groups is 1. The summed E-state index contributed by atoms with van der Waals surface area (Å²) in [6.45, 7) is 11.4. The smallest absolute Gasteiger partial charge is 0.228 e. The molecule has 0 radical (unpaired) electrons. The summed E-state index contributed by atoms with van der Waals surface area (Å²) in [5, 5.41) is 6.51. The number of hydrogen-bond acceptors (Lipinski definition) is 3. The summed E-state index contributed by atoms with van der Waals surface area (Å²) in [6, 6.07) is 26.6. The summed E-state index contributed by atoms with van der Waals surface area (Å²) < 4.78 is 0. The fourth-order valence-corrected chi connectivity index (χ4v) is 3.91. The summed E-state index contributed by atoms with van der Waals surface area (Å²) in [5.74, 6) is 1.05. The van der Waals surface area contributed by atoms with Crippen LogP contribution in [0.3, 0.4) is 0 Å². The van der Waals surface area contributed by atoms with Crippen molar-refractivity contribution in [3.8, 4) is 0 Å². The standard InChI is InChI=1S/C26H30N2OS.C2H6/c1-4-30-24-16-10-20(11-17-24)18-25(29)28-23-14-12-21(13-15-23)26(2,3)19-27-22-8-6-5-7-9-22;1-2/h5-17,27H,4,18-19H2,1-3H3,(H,28,29);1-2H3. The number of carbonyl (C=O) groups excluding carboxylic acids is 1. The first-order chi connectivity index (χ1) is 15.5. The van der Waals surface area contributed by atoms with Crippen molar-refractivity contribution in [3.63, 3.8) is 0 Å². The van der Waals surface area contributed by atoms with Crippen LogP contribution in [-0.4, -0.2) is 18.2 Å². The van der Waals surface area contributed by atoms with Crippen molar-refractivity contribution in [3.05, 3.63) is 90.0 Å². The first kappa shape index (κ1) is 25.5. The molecule has 0 aliphatic heterocycles. The van der Waals surface area contributed by atoms with E-state index in [0.29, 0.717) is 6.42 Å². The number of nitrogens with one attached hydrogen (secondary N) is 2. The SMILES string of the molecule is CC.CCSc1ccc(CC(=O)Nc2ccc(C(C)(C)CNc3ccccc3)cc2)cc1. The highest BCUT2D eigenvalue weighted by atomic mass is 32.2. The monoisotopic (exact) mass is 448 g/mol. The molecule has 0 aliphatic carbocycles. The van der Waals surface area contributed by atoms with Gasteiger partial charge in [-0.25, -0.2) is 0 Å². The minimum absolute atomic E-state index is 0.00338. The molecular formula is C28H36N2OS.